The number of aryl methyl sites for hydroxylation is 1. The Morgan fingerprint density at radius 3 is 2.14 bits per heavy atom. The van der Waals surface area contributed by atoms with Gasteiger partial charge in [0.05, 0.1) is 20.1 Å². The number of halogens is 7. The second-order valence-corrected chi connectivity index (χ2v) is 5.58. The van der Waals surface area contributed by atoms with Crippen LogP contribution < -0.4 is 0 Å². The minimum absolute atomic E-state index is 0.0866. The highest BCUT2D eigenvalue weighted by atomic mass is 35.5. The van der Waals surface area contributed by atoms with E-state index in [2.05, 4.69) is 5.10 Å². The topological polar surface area (TPSA) is 38.0 Å². The summed E-state index contributed by atoms with van der Waals surface area (Å²) in [5.74, 6) is -0.520. The van der Waals surface area contributed by atoms with Gasteiger partial charge < -0.3 is 5.11 Å². The largest absolute Gasteiger partial charge is 0.505 e. The molecule has 2 aromatic rings. The lowest BCUT2D eigenvalue weighted by atomic mass is 10.1. The van der Waals surface area contributed by atoms with Crippen LogP contribution in [0.1, 0.15) is 5.69 Å². The first-order chi connectivity index (χ1) is 9.55. The summed E-state index contributed by atoms with van der Waals surface area (Å²) in [4.78, 5) is 0. The average Bonchev–Trinajstić information content (AvgIpc) is 2.61. The molecule has 0 bridgehead atoms. The van der Waals surface area contributed by atoms with Gasteiger partial charge in [-0.1, -0.05) is 46.4 Å². The fourth-order valence-electron chi connectivity index (χ4n) is 1.76. The SMILES string of the molecule is Cn1nc(-c2c(Cl)cc(Cl)c(O)c2Cl)c(Cl)c1C(F)(F)F. The predicted molar refractivity (Wildman–Crippen MR) is 75.4 cm³/mol. The lowest BCUT2D eigenvalue weighted by Crippen LogP contribution is -2.12. The van der Waals surface area contributed by atoms with E-state index in [1.54, 1.807) is 0 Å². The Hall–Kier alpha value is -0.820. The Labute approximate surface area is 136 Å². The van der Waals surface area contributed by atoms with Crippen LogP contribution >= 0.6 is 46.4 Å². The van der Waals surface area contributed by atoms with E-state index in [4.69, 9.17) is 46.4 Å². The maximum absolute atomic E-state index is 12.9. The summed E-state index contributed by atoms with van der Waals surface area (Å²) in [5, 5.41) is 12.1. The highest BCUT2D eigenvalue weighted by Gasteiger charge is 2.39. The Kier molecular flexibility index (Phi) is 4.28. The average molecular weight is 380 g/mol. The Bertz CT molecular complexity index is 727. The summed E-state index contributed by atoms with van der Waals surface area (Å²) in [6.07, 6.45) is -4.70. The first-order valence-corrected chi connectivity index (χ1v) is 6.73. The second kappa shape index (κ2) is 5.43. The van der Waals surface area contributed by atoms with E-state index in [9.17, 15) is 18.3 Å². The molecule has 21 heavy (non-hydrogen) atoms. The van der Waals surface area contributed by atoms with Gasteiger partial charge in [0.25, 0.3) is 0 Å². The van der Waals surface area contributed by atoms with Gasteiger partial charge in [-0.05, 0) is 6.07 Å². The van der Waals surface area contributed by atoms with Crippen molar-refractivity contribution in [2.45, 2.75) is 6.18 Å². The fourth-order valence-corrected chi connectivity index (χ4v) is 3.07. The lowest BCUT2D eigenvalue weighted by Gasteiger charge is -2.09. The summed E-state index contributed by atoms with van der Waals surface area (Å²) in [5.41, 5.74) is -1.58. The van der Waals surface area contributed by atoms with Crippen LogP contribution in [-0.2, 0) is 13.2 Å². The van der Waals surface area contributed by atoms with E-state index in [-0.39, 0.29) is 26.3 Å². The summed E-state index contributed by atoms with van der Waals surface area (Å²) >= 11 is 23.2. The van der Waals surface area contributed by atoms with Crippen LogP contribution in [0.4, 0.5) is 13.2 Å². The van der Waals surface area contributed by atoms with Gasteiger partial charge in [0.15, 0.2) is 11.4 Å². The predicted octanol–water partition coefficient (Wildman–Crippen LogP) is 5.43. The Balaban J connectivity index is 2.79. The first-order valence-electron chi connectivity index (χ1n) is 5.22. The Morgan fingerprint density at radius 1 is 1.10 bits per heavy atom. The second-order valence-electron chi connectivity index (χ2n) is 4.01. The van der Waals surface area contributed by atoms with Crippen molar-refractivity contribution in [3.63, 3.8) is 0 Å². The molecule has 1 heterocycles. The highest BCUT2D eigenvalue weighted by molar-refractivity contribution is 6.44. The van der Waals surface area contributed by atoms with E-state index in [0.717, 1.165) is 13.1 Å². The smallest absolute Gasteiger partial charge is 0.434 e. The molecule has 1 aromatic carbocycles. The zero-order valence-electron chi connectivity index (χ0n) is 10.1. The number of benzene rings is 1. The summed E-state index contributed by atoms with van der Waals surface area (Å²) < 4.78 is 39.3. The molecule has 3 nitrogen and oxygen atoms in total. The van der Waals surface area contributed by atoms with E-state index in [1.165, 1.54) is 0 Å². The molecule has 114 valence electrons. The fraction of sp³-hybridized carbons (Fsp3) is 0.182. The summed E-state index contributed by atoms with van der Waals surface area (Å²) in [7, 11) is 1.08. The van der Waals surface area contributed by atoms with Gasteiger partial charge in [0.1, 0.15) is 5.69 Å². The third kappa shape index (κ3) is 2.77. The van der Waals surface area contributed by atoms with Crippen LogP contribution in [0.5, 0.6) is 5.75 Å². The monoisotopic (exact) mass is 378 g/mol. The number of aromatic nitrogens is 2. The maximum atomic E-state index is 12.9. The molecular formula is C11H5Cl4F3N2O. The van der Waals surface area contributed by atoms with Gasteiger partial charge in [-0.3, -0.25) is 4.68 Å². The molecule has 0 radical (unpaired) electrons. The van der Waals surface area contributed by atoms with Crippen molar-refractivity contribution in [3.05, 3.63) is 31.9 Å². The van der Waals surface area contributed by atoms with Crippen LogP contribution in [0.25, 0.3) is 11.3 Å². The zero-order chi connectivity index (χ0) is 16.1. The van der Waals surface area contributed by atoms with E-state index in [1.807, 2.05) is 0 Å². The van der Waals surface area contributed by atoms with Crippen molar-refractivity contribution in [1.29, 1.82) is 0 Å². The highest BCUT2D eigenvalue weighted by Crippen LogP contribution is 2.47. The first kappa shape index (κ1) is 16.5. The van der Waals surface area contributed by atoms with Crippen LogP contribution in [0.2, 0.25) is 20.1 Å². The van der Waals surface area contributed by atoms with Crippen LogP contribution in [-0.4, -0.2) is 14.9 Å². The third-order valence-corrected chi connectivity index (χ3v) is 3.95. The van der Waals surface area contributed by atoms with Crippen molar-refractivity contribution < 1.29 is 18.3 Å². The number of alkyl halides is 3. The number of phenolic OH excluding ortho intramolecular Hbond substituents is 1. The molecule has 0 unspecified atom stereocenters. The van der Waals surface area contributed by atoms with Crippen molar-refractivity contribution in [2.75, 3.05) is 0 Å². The molecule has 1 aromatic heterocycles. The molecule has 0 saturated heterocycles. The summed E-state index contributed by atoms with van der Waals surface area (Å²) in [6, 6.07) is 1.14. The van der Waals surface area contributed by atoms with Gasteiger partial charge in [-0.2, -0.15) is 18.3 Å². The lowest BCUT2D eigenvalue weighted by molar-refractivity contribution is -0.143. The van der Waals surface area contributed by atoms with Crippen molar-refractivity contribution in [3.8, 4) is 17.0 Å². The molecule has 0 aliphatic rings. The van der Waals surface area contributed by atoms with Gasteiger partial charge in [0.2, 0.25) is 0 Å². The van der Waals surface area contributed by atoms with Crippen LogP contribution in [0.3, 0.4) is 0 Å². The Morgan fingerprint density at radius 2 is 1.67 bits per heavy atom. The van der Waals surface area contributed by atoms with Gasteiger partial charge >= 0.3 is 6.18 Å². The molecule has 0 aliphatic carbocycles. The number of hydrogen-bond acceptors (Lipinski definition) is 2. The third-order valence-electron chi connectivity index (χ3n) is 2.64. The van der Waals surface area contributed by atoms with Crippen LogP contribution in [0.15, 0.2) is 6.07 Å². The van der Waals surface area contributed by atoms with Gasteiger partial charge in [-0.25, -0.2) is 0 Å². The van der Waals surface area contributed by atoms with Crippen molar-refractivity contribution in [1.82, 2.24) is 9.78 Å². The van der Waals surface area contributed by atoms with Crippen molar-refractivity contribution >= 4 is 46.4 Å². The van der Waals surface area contributed by atoms with E-state index in [0.29, 0.717) is 4.68 Å². The molecule has 10 heteroatoms. The molecule has 1 N–H and O–H groups in total. The quantitative estimate of drug-likeness (QED) is 0.717. The molecular weight excluding hydrogens is 375 g/mol. The molecule has 0 spiro atoms. The van der Waals surface area contributed by atoms with E-state index < -0.39 is 22.6 Å². The molecule has 0 amide bonds. The minimum atomic E-state index is -4.70. The van der Waals surface area contributed by atoms with Gasteiger partial charge in [-0.15, -0.1) is 0 Å². The molecule has 0 atom stereocenters. The number of rotatable bonds is 1. The van der Waals surface area contributed by atoms with E-state index >= 15 is 0 Å². The van der Waals surface area contributed by atoms with Crippen LogP contribution in [0, 0.1) is 0 Å². The zero-order valence-corrected chi connectivity index (χ0v) is 13.1. The molecule has 0 aliphatic heterocycles. The summed E-state index contributed by atoms with van der Waals surface area (Å²) in [6.45, 7) is 0. The number of aromatic hydroxyl groups is 1. The molecule has 2 rings (SSSR count). The maximum Gasteiger partial charge on any atom is 0.434 e. The number of hydrogen-bond donors (Lipinski definition) is 1. The number of phenols is 1. The molecule has 0 fully saturated rings. The number of nitrogens with zero attached hydrogens (tertiary/aromatic N) is 2. The van der Waals surface area contributed by atoms with Gasteiger partial charge in [0, 0.05) is 12.6 Å². The molecule has 0 saturated carbocycles. The van der Waals surface area contributed by atoms with Crippen molar-refractivity contribution in [2.24, 2.45) is 7.05 Å². The minimum Gasteiger partial charge on any atom is -0.505 e. The normalized spacial score (nSPS) is 12.0. The standard InChI is InChI=1S/C11H5Cl4F3N2O/c1-20-10(11(16,17)18)7(15)8(19-20)5-3(12)2-4(13)9(21)6(5)14/h2,21H,1H3.